The van der Waals surface area contributed by atoms with E-state index < -0.39 is 17.4 Å². The van der Waals surface area contributed by atoms with E-state index in [1.165, 1.54) is 11.6 Å². The maximum Gasteiger partial charge on any atom is 0.159 e. The van der Waals surface area contributed by atoms with Gasteiger partial charge >= 0.3 is 0 Å². The third-order valence-electron chi connectivity index (χ3n) is 3.90. The number of aryl methyl sites for hydroxylation is 1. The average Bonchev–Trinajstić information content (AvgIpc) is 2.99. The van der Waals surface area contributed by atoms with E-state index in [1.807, 2.05) is 25.1 Å². The molecule has 2 aromatic rings. The monoisotopic (exact) mass is 303 g/mol. The quantitative estimate of drug-likeness (QED) is 0.811. The van der Waals surface area contributed by atoms with E-state index >= 15 is 0 Å². The second kappa shape index (κ2) is 6.12. The van der Waals surface area contributed by atoms with E-state index in [4.69, 9.17) is 0 Å². The van der Waals surface area contributed by atoms with Crippen LogP contribution in [0, 0.1) is 18.6 Å². The van der Waals surface area contributed by atoms with E-state index in [-0.39, 0.29) is 0 Å². The van der Waals surface area contributed by atoms with Crippen molar-refractivity contribution in [3.05, 3.63) is 70.8 Å². The molecule has 1 fully saturated rings. The normalized spacial score (nSPS) is 16.9. The zero-order valence-electron chi connectivity index (χ0n) is 12.4. The molecule has 5 heteroatoms. The number of rotatable bonds is 4. The summed E-state index contributed by atoms with van der Waals surface area (Å²) < 4.78 is 26.3. The first-order chi connectivity index (χ1) is 10.6. The summed E-state index contributed by atoms with van der Waals surface area (Å²) in [7, 11) is 0. The van der Waals surface area contributed by atoms with E-state index in [1.54, 1.807) is 6.07 Å². The Bertz CT molecular complexity index is 667. The molecule has 1 aliphatic rings. The van der Waals surface area contributed by atoms with Gasteiger partial charge in [-0.2, -0.15) is 0 Å². The lowest BCUT2D eigenvalue weighted by Gasteiger charge is -2.32. The highest BCUT2D eigenvalue weighted by atomic mass is 19.2. The van der Waals surface area contributed by atoms with Crippen LogP contribution >= 0.6 is 0 Å². The Morgan fingerprint density at radius 3 is 2.50 bits per heavy atom. The summed E-state index contributed by atoms with van der Waals surface area (Å²) in [5.41, 5.74) is 2.94. The SMILES string of the molecule is Cc1cccc(C2(NCc3ccc(F)c(F)c3)NCCN2)c1. The molecule has 0 aromatic heterocycles. The molecule has 0 radical (unpaired) electrons. The van der Waals surface area contributed by atoms with Crippen molar-refractivity contribution < 1.29 is 8.78 Å². The van der Waals surface area contributed by atoms with Gasteiger partial charge in [0.05, 0.1) is 0 Å². The van der Waals surface area contributed by atoms with Gasteiger partial charge in [0.25, 0.3) is 0 Å². The van der Waals surface area contributed by atoms with Crippen LogP contribution in [0.25, 0.3) is 0 Å². The van der Waals surface area contributed by atoms with E-state index in [9.17, 15) is 8.78 Å². The summed E-state index contributed by atoms with van der Waals surface area (Å²) in [5.74, 6) is -2.19. The summed E-state index contributed by atoms with van der Waals surface area (Å²) in [6.07, 6.45) is 0. The van der Waals surface area contributed by atoms with Crippen LogP contribution in [-0.2, 0) is 12.3 Å². The highest BCUT2D eigenvalue weighted by Crippen LogP contribution is 2.20. The molecular formula is C17H19F2N3. The van der Waals surface area contributed by atoms with Crippen molar-refractivity contribution in [3.63, 3.8) is 0 Å². The smallest absolute Gasteiger partial charge is 0.159 e. The molecule has 1 saturated heterocycles. The highest BCUT2D eigenvalue weighted by molar-refractivity contribution is 5.29. The Balaban J connectivity index is 1.81. The second-order valence-corrected chi connectivity index (χ2v) is 5.58. The molecule has 0 atom stereocenters. The summed E-state index contributed by atoms with van der Waals surface area (Å²) in [4.78, 5) is 0. The molecule has 1 heterocycles. The van der Waals surface area contributed by atoms with Crippen LogP contribution in [-0.4, -0.2) is 13.1 Å². The number of nitrogens with one attached hydrogen (secondary N) is 3. The molecule has 3 nitrogen and oxygen atoms in total. The second-order valence-electron chi connectivity index (χ2n) is 5.58. The van der Waals surface area contributed by atoms with Crippen molar-refractivity contribution >= 4 is 0 Å². The van der Waals surface area contributed by atoms with Gasteiger partial charge in [0.15, 0.2) is 17.4 Å². The summed E-state index contributed by atoms with van der Waals surface area (Å²) in [6.45, 7) is 4.13. The Morgan fingerprint density at radius 1 is 1.05 bits per heavy atom. The van der Waals surface area contributed by atoms with Gasteiger partial charge < -0.3 is 0 Å². The van der Waals surface area contributed by atoms with E-state index in [0.29, 0.717) is 12.1 Å². The van der Waals surface area contributed by atoms with Gasteiger partial charge in [0.2, 0.25) is 0 Å². The average molecular weight is 303 g/mol. The summed E-state index contributed by atoms with van der Waals surface area (Å²) in [5, 5.41) is 10.2. The van der Waals surface area contributed by atoms with Crippen molar-refractivity contribution in [1.82, 2.24) is 16.0 Å². The van der Waals surface area contributed by atoms with Gasteiger partial charge in [-0.3, -0.25) is 16.0 Å². The fourth-order valence-corrected chi connectivity index (χ4v) is 2.76. The van der Waals surface area contributed by atoms with Crippen molar-refractivity contribution in [3.8, 4) is 0 Å². The van der Waals surface area contributed by atoms with Gasteiger partial charge in [0.1, 0.15) is 0 Å². The molecule has 2 aromatic carbocycles. The molecule has 1 aliphatic heterocycles. The maximum absolute atomic E-state index is 13.3. The zero-order valence-corrected chi connectivity index (χ0v) is 12.4. The molecule has 0 amide bonds. The minimum atomic E-state index is -0.825. The molecule has 3 N–H and O–H groups in total. The molecule has 0 unspecified atom stereocenters. The highest BCUT2D eigenvalue weighted by Gasteiger charge is 2.34. The van der Waals surface area contributed by atoms with Gasteiger partial charge in [-0.15, -0.1) is 0 Å². The molecular weight excluding hydrogens is 284 g/mol. The third kappa shape index (κ3) is 3.02. The number of benzene rings is 2. The largest absolute Gasteiger partial charge is 0.282 e. The predicted octanol–water partition coefficient (Wildman–Crippen LogP) is 2.37. The van der Waals surface area contributed by atoms with Gasteiger partial charge in [-0.1, -0.05) is 35.9 Å². The topological polar surface area (TPSA) is 36.1 Å². The van der Waals surface area contributed by atoms with Crippen molar-refractivity contribution in [2.45, 2.75) is 19.3 Å². The van der Waals surface area contributed by atoms with Gasteiger partial charge in [-0.05, 0) is 24.6 Å². The van der Waals surface area contributed by atoms with Gasteiger partial charge in [-0.25, -0.2) is 8.78 Å². The molecule has 116 valence electrons. The molecule has 3 rings (SSSR count). The van der Waals surface area contributed by atoms with Crippen LogP contribution in [0.4, 0.5) is 8.78 Å². The van der Waals surface area contributed by atoms with Crippen molar-refractivity contribution in [2.75, 3.05) is 13.1 Å². The standard InChI is InChI=1S/C17H19F2N3/c1-12-3-2-4-14(9-12)17(20-7-8-21-17)22-11-13-5-6-15(18)16(19)10-13/h2-6,9-10,20-22H,7-8,11H2,1H3. The third-order valence-corrected chi connectivity index (χ3v) is 3.90. The van der Waals surface area contributed by atoms with Crippen LogP contribution in [0.3, 0.4) is 0 Å². The van der Waals surface area contributed by atoms with Crippen LogP contribution in [0.15, 0.2) is 42.5 Å². The van der Waals surface area contributed by atoms with Crippen LogP contribution in [0.5, 0.6) is 0 Å². The number of hydrogen-bond acceptors (Lipinski definition) is 3. The maximum atomic E-state index is 13.3. The Kier molecular flexibility index (Phi) is 4.20. The fraction of sp³-hybridized carbons (Fsp3) is 0.294. The summed E-state index contributed by atoms with van der Waals surface area (Å²) in [6, 6.07) is 12.2. The molecule has 0 saturated carbocycles. The Hall–Kier alpha value is -1.82. The van der Waals surface area contributed by atoms with Crippen molar-refractivity contribution in [2.24, 2.45) is 0 Å². The lowest BCUT2D eigenvalue weighted by atomic mass is 10.0. The van der Waals surface area contributed by atoms with Crippen LogP contribution < -0.4 is 16.0 Å². The lowest BCUT2D eigenvalue weighted by Crippen LogP contribution is -2.57. The van der Waals surface area contributed by atoms with Crippen LogP contribution in [0.1, 0.15) is 16.7 Å². The van der Waals surface area contributed by atoms with Crippen molar-refractivity contribution in [1.29, 1.82) is 0 Å². The number of hydrogen-bond donors (Lipinski definition) is 3. The zero-order chi connectivity index (χ0) is 15.6. The first kappa shape index (κ1) is 15.1. The molecule has 0 aliphatic carbocycles. The first-order valence-electron chi connectivity index (χ1n) is 7.35. The number of halogens is 2. The van der Waals surface area contributed by atoms with E-state index in [0.717, 1.165) is 24.7 Å². The minimum absolute atomic E-state index is 0.422. The molecule has 0 spiro atoms. The summed E-state index contributed by atoms with van der Waals surface area (Å²) >= 11 is 0. The Morgan fingerprint density at radius 2 is 1.82 bits per heavy atom. The Labute approximate surface area is 128 Å². The van der Waals surface area contributed by atoms with Gasteiger partial charge in [0, 0.05) is 25.2 Å². The minimum Gasteiger partial charge on any atom is -0.282 e. The fourth-order valence-electron chi connectivity index (χ4n) is 2.76. The molecule has 22 heavy (non-hydrogen) atoms. The predicted molar refractivity (Wildman–Crippen MR) is 82.1 cm³/mol. The first-order valence-corrected chi connectivity index (χ1v) is 7.35. The van der Waals surface area contributed by atoms with Crippen LogP contribution in [0.2, 0.25) is 0 Å². The molecule has 0 bridgehead atoms. The lowest BCUT2D eigenvalue weighted by molar-refractivity contribution is 0.261. The van der Waals surface area contributed by atoms with E-state index in [2.05, 4.69) is 22.0 Å².